The topological polar surface area (TPSA) is 38.7 Å². The van der Waals surface area contributed by atoms with Crippen LogP contribution in [0.2, 0.25) is 0 Å². The first-order chi connectivity index (χ1) is 5.41. The highest BCUT2D eigenvalue weighted by Crippen LogP contribution is 2.40. The molecule has 5 heteroatoms. The zero-order chi connectivity index (χ0) is 10.9. The Morgan fingerprint density at radius 2 is 2.14 bits per heavy atom. The van der Waals surface area contributed by atoms with Crippen molar-refractivity contribution >= 4 is 18.5 Å². The van der Waals surface area contributed by atoms with Gasteiger partial charge < -0.3 is 13.9 Å². The molecule has 44 valence electrons. The summed E-state index contributed by atoms with van der Waals surface area (Å²) in [7, 11) is -5.95. The van der Waals surface area contributed by atoms with Crippen LogP contribution in [0, 0.1) is 0 Å². The first-order valence-corrected chi connectivity index (χ1v) is 3.75. The van der Waals surface area contributed by atoms with Crippen LogP contribution in [0.5, 0.6) is 0 Å². The van der Waals surface area contributed by atoms with Gasteiger partial charge in [0.2, 0.25) is 0 Å². The molecule has 1 N–H and O–H groups in total. The van der Waals surface area contributed by atoms with Crippen molar-refractivity contribution in [2.45, 2.75) is 0 Å². The maximum atomic E-state index is 8.95. The Morgan fingerprint density at radius 1 is 1.71 bits per heavy atom. The van der Waals surface area contributed by atoms with Crippen LogP contribution in [0.25, 0.3) is 0 Å². The van der Waals surface area contributed by atoms with Crippen LogP contribution >= 0.6 is 6.72 Å². The molecular weight excluding hydrogens is 135 g/mol. The monoisotopic (exact) mass is 148 g/mol. The van der Waals surface area contributed by atoms with E-state index in [2.05, 4.69) is 20.9 Å². The Hall–Kier alpha value is 0.530. The lowest BCUT2D eigenvalue weighted by molar-refractivity contribution is 0.267. The van der Waals surface area contributed by atoms with Crippen LogP contribution in [0.1, 0.15) is 8.22 Å². The fourth-order valence-electron chi connectivity index (χ4n) is 0.0186. The van der Waals surface area contributed by atoms with Gasteiger partial charge in [-0.25, -0.2) is 0 Å². The van der Waals surface area contributed by atoms with Gasteiger partial charge in [-0.1, -0.05) is 0 Å². The molecule has 0 atom stereocenters. The van der Waals surface area contributed by atoms with E-state index in [0.717, 1.165) is 0 Å². The van der Waals surface area contributed by atoms with Crippen molar-refractivity contribution in [3.63, 3.8) is 0 Å². The minimum Gasteiger partial charge on any atom is -0.324 e. The first-order valence-electron chi connectivity index (χ1n) is 4.16. The summed E-state index contributed by atoms with van der Waals surface area (Å²) in [6.45, 7) is -4.23. The van der Waals surface area contributed by atoms with Gasteiger partial charge >= 0.3 is 6.72 Å². The molecule has 0 aromatic heterocycles. The molecule has 0 aliphatic carbocycles. The quantitative estimate of drug-likeness (QED) is 0.578. The van der Waals surface area contributed by atoms with Gasteiger partial charge in [-0.3, -0.25) is 0 Å². The summed E-state index contributed by atoms with van der Waals surface area (Å²) in [4.78, 5) is 8.95. The van der Waals surface area contributed by atoms with Crippen LogP contribution in [-0.4, -0.2) is 19.0 Å². The molecule has 0 fully saturated rings. The van der Waals surface area contributed by atoms with Crippen molar-refractivity contribution in [2.75, 3.05) is 14.1 Å². The van der Waals surface area contributed by atoms with E-state index in [-0.39, 0.29) is 0 Å². The second-order valence-corrected chi connectivity index (χ2v) is 3.34. The second-order valence-electron chi connectivity index (χ2n) is 0.651. The summed E-state index contributed by atoms with van der Waals surface area (Å²) in [6, 6.07) is 0. The minimum atomic E-state index is -4.23. The lowest BCUT2D eigenvalue weighted by Gasteiger charge is -2.06. The fourth-order valence-corrected chi connectivity index (χ4v) is 0.0559. The van der Waals surface area contributed by atoms with Crippen LogP contribution in [0.15, 0.2) is 0 Å². The minimum absolute atomic E-state index is 2.98. The van der Waals surface area contributed by atoms with E-state index in [9.17, 15) is 0 Å². The SMILES string of the molecule is [2H]C([2H])([2H])OP(O)(=S)OC([2H])([2H])[2H]. The highest BCUT2D eigenvalue weighted by atomic mass is 32.5. The molecule has 0 rings (SSSR count). The molecule has 0 unspecified atom stereocenters. The standard InChI is InChI=1S/C2H7O3PS/c1-4-6(3,7)5-2/h1-2H3,(H,3,7)/i1D3,2D3. The van der Waals surface area contributed by atoms with Crippen molar-refractivity contribution in [1.82, 2.24) is 0 Å². The molecule has 0 saturated heterocycles. The predicted molar refractivity (Wildman–Crippen MR) is 30.5 cm³/mol. The highest BCUT2D eigenvalue weighted by Gasteiger charge is 2.06. The van der Waals surface area contributed by atoms with E-state index in [0.29, 0.717) is 0 Å². The molecule has 7 heavy (non-hydrogen) atoms. The van der Waals surface area contributed by atoms with Crippen LogP contribution in [0.3, 0.4) is 0 Å². The van der Waals surface area contributed by atoms with E-state index < -0.39 is 20.8 Å². The molecule has 0 saturated carbocycles. The summed E-state index contributed by atoms with van der Waals surface area (Å²) in [5.41, 5.74) is 0. The molecule has 0 aliphatic rings. The van der Waals surface area contributed by atoms with Gasteiger partial charge in [-0.15, -0.1) is 0 Å². The molecule has 3 nitrogen and oxygen atoms in total. The van der Waals surface area contributed by atoms with E-state index in [1.165, 1.54) is 0 Å². The van der Waals surface area contributed by atoms with Gasteiger partial charge in [0.15, 0.2) is 0 Å². The second kappa shape index (κ2) is 2.74. The summed E-state index contributed by atoms with van der Waals surface area (Å²) in [5, 5.41) is 0. The first kappa shape index (κ1) is 2.05. The van der Waals surface area contributed by atoms with E-state index in [1.54, 1.807) is 0 Å². The molecule has 0 spiro atoms. The van der Waals surface area contributed by atoms with Gasteiger partial charge in [0.1, 0.15) is 0 Å². The largest absolute Gasteiger partial charge is 0.324 e. The van der Waals surface area contributed by atoms with E-state index >= 15 is 0 Å². The molecule has 0 amide bonds. The highest BCUT2D eigenvalue weighted by molar-refractivity contribution is 8.07. The zero-order valence-electron chi connectivity index (χ0n) is 9.12. The summed E-state index contributed by atoms with van der Waals surface area (Å²) >= 11 is 4.14. The lowest BCUT2D eigenvalue weighted by Crippen LogP contribution is -1.82. The van der Waals surface area contributed by atoms with Crippen LogP contribution in [0.4, 0.5) is 0 Å². The molecule has 0 aromatic rings. The molecular formula is C2H7O3PS. The molecule has 0 radical (unpaired) electrons. The van der Waals surface area contributed by atoms with Crippen LogP contribution in [-0.2, 0) is 20.9 Å². The average Bonchev–Trinajstić information content (AvgIpc) is 1.43. The Balaban J connectivity index is 4.35. The van der Waals surface area contributed by atoms with Gasteiger partial charge in [-0.2, -0.15) is 0 Å². The third kappa shape index (κ3) is 3.14. The lowest BCUT2D eigenvalue weighted by atomic mass is 11.8. The average molecular weight is 148 g/mol. The Labute approximate surface area is 55.9 Å². The molecule has 0 aromatic carbocycles. The zero-order valence-corrected chi connectivity index (χ0v) is 4.83. The molecule has 0 heterocycles. The van der Waals surface area contributed by atoms with Crippen LogP contribution < -0.4 is 0 Å². The Morgan fingerprint density at radius 3 is 2.43 bits per heavy atom. The summed E-state index contributed by atoms with van der Waals surface area (Å²) in [5.74, 6) is 0. The maximum Gasteiger partial charge on any atom is 0.323 e. The fraction of sp³-hybridized carbons (Fsp3) is 1.00. The van der Waals surface area contributed by atoms with Gasteiger partial charge in [0.25, 0.3) is 0 Å². The molecule has 0 aliphatic heterocycles. The van der Waals surface area contributed by atoms with Gasteiger partial charge in [0.05, 0.1) is 8.22 Å². The summed E-state index contributed by atoms with van der Waals surface area (Å²) in [6.07, 6.45) is 0. The van der Waals surface area contributed by atoms with Crippen molar-refractivity contribution in [3.05, 3.63) is 0 Å². The predicted octanol–water partition coefficient (Wildman–Crippen LogP) is 0.496. The van der Waals surface area contributed by atoms with Crippen molar-refractivity contribution < 1.29 is 22.2 Å². The van der Waals surface area contributed by atoms with E-state index in [1.807, 2.05) is 0 Å². The third-order valence-electron chi connectivity index (χ3n) is 0.231. The smallest absolute Gasteiger partial charge is 0.323 e. The normalized spacial score (nSPS) is 28.1. The Kier molecular flexibility index (Phi) is 0.802. The van der Waals surface area contributed by atoms with Crippen molar-refractivity contribution in [1.29, 1.82) is 0 Å². The van der Waals surface area contributed by atoms with Gasteiger partial charge in [0, 0.05) is 14.1 Å². The third-order valence-corrected chi connectivity index (χ3v) is 1.14. The van der Waals surface area contributed by atoms with Gasteiger partial charge in [-0.05, 0) is 11.8 Å². The molecule has 0 bridgehead atoms. The summed E-state index contributed by atoms with van der Waals surface area (Å²) < 4.78 is 47.1. The maximum absolute atomic E-state index is 8.95. The number of rotatable bonds is 2. The number of hydrogen-bond acceptors (Lipinski definition) is 3. The Bertz CT molecular complexity index is 201. The number of hydrogen-bond donors (Lipinski definition) is 1. The van der Waals surface area contributed by atoms with E-state index in [4.69, 9.17) is 13.1 Å². The van der Waals surface area contributed by atoms with Crippen molar-refractivity contribution in [2.24, 2.45) is 0 Å². The van der Waals surface area contributed by atoms with Crippen molar-refractivity contribution in [3.8, 4) is 0 Å².